The highest BCUT2D eigenvalue weighted by molar-refractivity contribution is 6.30. The van der Waals surface area contributed by atoms with Crippen molar-refractivity contribution >= 4 is 35.5 Å². The number of likely N-dealkylation sites (tertiary alicyclic amines) is 1. The first-order valence-electron chi connectivity index (χ1n) is 6.58. The second-order valence-electron chi connectivity index (χ2n) is 4.61. The van der Waals surface area contributed by atoms with Gasteiger partial charge in [0.2, 0.25) is 5.91 Å². The van der Waals surface area contributed by atoms with Gasteiger partial charge in [0.05, 0.1) is 18.1 Å². The molecule has 0 saturated carbocycles. The Kier molecular flexibility index (Phi) is 4.92. The molecule has 1 heterocycles. The SMILES string of the molecule is CCOC(=O)CN1C(=O)C/C(=C\c2ccc(F)c(Cl)c2)C1=O. The molecule has 22 heavy (non-hydrogen) atoms. The number of halogens is 2. The van der Waals surface area contributed by atoms with Crippen molar-refractivity contribution in [1.82, 2.24) is 4.90 Å². The summed E-state index contributed by atoms with van der Waals surface area (Å²) in [7, 11) is 0. The van der Waals surface area contributed by atoms with Crippen molar-refractivity contribution in [1.29, 1.82) is 0 Å². The number of benzene rings is 1. The fourth-order valence-corrected chi connectivity index (χ4v) is 2.22. The number of amides is 2. The van der Waals surface area contributed by atoms with Gasteiger partial charge in [-0.3, -0.25) is 19.3 Å². The number of hydrogen-bond acceptors (Lipinski definition) is 4. The molecule has 1 fully saturated rings. The standard InChI is InChI=1S/C15H13ClFNO4/c1-2-22-14(20)8-18-13(19)7-10(15(18)21)5-9-3-4-12(17)11(16)6-9/h3-6H,2,7-8H2,1H3/b10-5+. The number of carbonyl (C=O) groups is 3. The topological polar surface area (TPSA) is 63.7 Å². The summed E-state index contributed by atoms with van der Waals surface area (Å²) in [6.45, 7) is 1.40. The van der Waals surface area contributed by atoms with E-state index in [4.69, 9.17) is 16.3 Å². The summed E-state index contributed by atoms with van der Waals surface area (Å²) >= 11 is 5.67. The van der Waals surface area contributed by atoms with E-state index < -0.39 is 30.1 Å². The van der Waals surface area contributed by atoms with Crippen LogP contribution in [0.25, 0.3) is 6.08 Å². The fourth-order valence-electron chi connectivity index (χ4n) is 2.03. The third-order valence-electron chi connectivity index (χ3n) is 3.04. The van der Waals surface area contributed by atoms with E-state index in [1.807, 2.05) is 0 Å². The lowest BCUT2D eigenvalue weighted by Crippen LogP contribution is -2.35. The van der Waals surface area contributed by atoms with Crippen molar-refractivity contribution in [2.75, 3.05) is 13.2 Å². The van der Waals surface area contributed by atoms with Crippen LogP contribution >= 0.6 is 11.6 Å². The third kappa shape index (κ3) is 3.51. The van der Waals surface area contributed by atoms with Crippen molar-refractivity contribution in [3.8, 4) is 0 Å². The monoisotopic (exact) mass is 325 g/mol. The van der Waals surface area contributed by atoms with Crippen LogP contribution in [0.4, 0.5) is 4.39 Å². The largest absolute Gasteiger partial charge is 0.465 e. The summed E-state index contributed by atoms with van der Waals surface area (Å²) in [4.78, 5) is 36.2. The van der Waals surface area contributed by atoms with Gasteiger partial charge in [0.25, 0.3) is 5.91 Å². The summed E-state index contributed by atoms with van der Waals surface area (Å²) in [5.41, 5.74) is 0.720. The van der Waals surface area contributed by atoms with E-state index in [1.165, 1.54) is 24.3 Å². The minimum absolute atomic E-state index is 0.0745. The molecule has 1 aliphatic heterocycles. The van der Waals surface area contributed by atoms with Crippen LogP contribution in [0.2, 0.25) is 5.02 Å². The molecule has 116 valence electrons. The average molecular weight is 326 g/mol. The van der Waals surface area contributed by atoms with Crippen LogP contribution in [-0.2, 0) is 19.1 Å². The van der Waals surface area contributed by atoms with Gasteiger partial charge in [0.15, 0.2) is 0 Å². The van der Waals surface area contributed by atoms with Gasteiger partial charge in [-0.2, -0.15) is 0 Å². The molecule has 5 nitrogen and oxygen atoms in total. The van der Waals surface area contributed by atoms with Gasteiger partial charge in [0, 0.05) is 5.57 Å². The Labute approximate surface area is 131 Å². The van der Waals surface area contributed by atoms with Gasteiger partial charge in [0.1, 0.15) is 12.4 Å². The predicted octanol–water partition coefficient (Wildman–Crippen LogP) is 2.18. The van der Waals surface area contributed by atoms with Crippen LogP contribution in [0.5, 0.6) is 0 Å². The Bertz CT molecular complexity index is 672. The normalized spacial score (nSPS) is 16.5. The zero-order chi connectivity index (χ0) is 16.3. The Balaban J connectivity index is 2.18. The maximum Gasteiger partial charge on any atom is 0.326 e. The molecule has 1 aromatic carbocycles. The van der Waals surface area contributed by atoms with E-state index in [-0.39, 0.29) is 23.6 Å². The number of carbonyl (C=O) groups excluding carboxylic acids is 3. The molecular formula is C15H13ClFNO4. The molecule has 0 radical (unpaired) electrons. The molecule has 2 amide bonds. The van der Waals surface area contributed by atoms with Crippen LogP contribution in [0.3, 0.4) is 0 Å². The van der Waals surface area contributed by atoms with Crippen molar-refractivity contribution in [2.24, 2.45) is 0 Å². The molecule has 1 aliphatic rings. The number of hydrogen-bond donors (Lipinski definition) is 0. The fraction of sp³-hybridized carbons (Fsp3) is 0.267. The van der Waals surface area contributed by atoms with Crippen molar-refractivity contribution in [2.45, 2.75) is 13.3 Å². The summed E-state index contributed by atoms with van der Waals surface area (Å²) in [5, 5.41) is -0.0745. The molecule has 0 bridgehead atoms. The Morgan fingerprint density at radius 1 is 1.45 bits per heavy atom. The third-order valence-corrected chi connectivity index (χ3v) is 3.33. The predicted molar refractivity (Wildman–Crippen MR) is 77.4 cm³/mol. The lowest BCUT2D eigenvalue weighted by Gasteiger charge is -2.11. The van der Waals surface area contributed by atoms with E-state index in [0.29, 0.717) is 5.56 Å². The van der Waals surface area contributed by atoms with Crippen molar-refractivity contribution < 1.29 is 23.5 Å². The van der Waals surface area contributed by atoms with E-state index >= 15 is 0 Å². The van der Waals surface area contributed by atoms with Crippen LogP contribution in [-0.4, -0.2) is 35.8 Å². The first-order valence-corrected chi connectivity index (χ1v) is 6.96. The number of rotatable bonds is 4. The van der Waals surface area contributed by atoms with E-state index in [1.54, 1.807) is 6.92 Å². The maximum atomic E-state index is 13.1. The van der Waals surface area contributed by atoms with E-state index in [9.17, 15) is 18.8 Å². The molecule has 1 aromatic rings. The van der Waals surface area contributed by atoms with Gasteiger partial charge in [-0.15, -0.1) is 0 Å². The number of nitrogens with zero attached hydrogens (tertiary/aromatic N) is 1. The zero-order valence-electron chi connectivity index (χ0n) is 11.8. The van der Waals surface area contributed by atoms with Crippen LogP contribution < -0.4 is 0 Å². The van der Waals surface area contributed by atoms with Crippen LogP contribution in [0, 0.1) is 5.82 Å². The maximum absolute atomic E-state index is 13.1. The quantitative estimate of drug-likeness (QED) is 0.483. The van der Waals surface area contributed by atoms with E-state index in [0.717, 1.165) is 4.90 Å². The highest BCUT2D eigenvalue weighted by Gasteiger charge is 2.35. The zero-order valence-corrected chi connectivity index (χ0v) is 12.5. The Hall–Kier alpha value is -2.21. The van der Waals surface area contributed by atoms with Gasteiger partial charge in [-0.1, -0.05) is 17.7 Å². The molecule has 0 aliphatic carbocycles. The van der Waals surface area contributed by atoms with E-state index in [2.05, 4.69) is 0 Å². The summed E-state index contributed by atoms with van der Waals surface area (Å²) in [5.74, 6) is -2.24. The molecule has 2 rings (SSSR count). The molecule has 0 spiro atoms. The first-order chi connectivity index (χ1) is 10.4. The van der Waals surface area contributed by atoms with Crippen molar-refractivity contribution in [3.63, 3.8) is 0 Å². The van der Waals surface area contributed by atoms with Gasteiger partial charge < -0.3 is 4.74 Å². The number of ether oxygens (including phenoxy) is 1. The Morgan fingerprint density at radius 2 is 2.18 bits per heavy atom. The summed E-state index contributed by atoms with van der Waals surface area (Å²) < 4.78 is 17.8. The second kappa shape index (κ2) is 6.70. The molecule has 7 heteroatoms. The van der Waals surface area contributed by atoms with Crippen molar-refractivity contribution in [3.05, 3.63) is 40.2 Å². The Morgan fingerprint density at radius 3 is 2.82 bits per heavy atom. The summed E-state index contributed by atoms with van der Waals surface area (Å²) in [6, 6.07) is 3.97. The molecule has 0 atom stereocenters. The second-order valence-corrected chi connectivity index (χ2v) is 5.02. The molecule has 0 unspecified atom stereocenters. The lowest BCUT2D eigenvalue weighted by atomic mass is 10.1. The molecular weight excluding hydrogens is 313 g/mol. The number of imide groups is 1. The smallest absolute Gasteiger partial charge is 0.326 e. The highest BCUT2D eigenvalue weighted by Crippen LogP contribution is 2.23. The molecule has 0 aromatic heterocycles. The molecule has 1 saturated heterocycles. The average Bonchev–Trinajstić information content (AvgIpc) is 2.71. The van der Waals surface area contributed by atoms with Gasteiger partial charge in [-0.05, 0) is 30.7 Å². The molecule has 0 N–H and O–H groups in total. The summed E-state index contributed by atoms with van der Waals surface area (Å²) in [6.07, 6.45) is 1.34. The van der Waals surface area contributed by atoms with Gasteiger partial charge in [-0.25, -0.2) is 4.39 Å². The lowest BCUT2D eigenvalue weighted by molar-refractivity contribution is -0.151. The highest BCUT2D eigenvalue weighted by atomic mass is 35.5. The minimum Gasteiger partial charge on any atom is -0.465 e. The first kappa shape index (κ1) is 16.2. The van der Waals surface area contributed by atoms with Crippen LogP contribution in [0.15, 0.2) is 23.8 Å². The van der Waals surface area contributed by atoms with Crippen LogP contribution in [0.1, 0.15) is 18.9 Å². The van der Waals surface area contributed by atoms with Gasteiger partial charge >= 0.3 is 5.97 Å². The number of esters is 1. The minimum atomic E-state index is -0.643.